The van der Waals surface area contributed by atoms with Crippen molar-refractivity contribution in [2.24, 2.45) is 0 Å². The standard InChI is InChI=1S/C27H29N3O6S/c1-2-35-24-23(37-26(29-24)30-11-13-34-14-12-30)15-22(25(31)32)28-27(33)36-16-21-19-9-5-3-7-17(19)18-8-4-6-10-20(18)21/h3-10,21-22H,2,11-16H2,1H3,(H,28,33)(H,31,32). The summed E-state index contributed by atoms with van der Waals surface area (Å²) >= 11 is 1.38. The normalized spacial score (nSPS) is 15.5. The van der Waals surface area contributed by atoms with Gasteiger partial charge in [0, 0.05) is 25.4 Å². The Hall–Kier alpha value is -3.63. The van der Waals surface area contributed by atoms with Gasteiger partial charge in [0.15, 0.2) is 5.13 Å². The number of fused-ring (bicyclic) bond motifs is 3. The number of amides is 1. The van der Waals surface area contributed by atoms with Gasteiger partial charge in [-0.15, -0.1) is 0 Å². The van der Waals surface area contributed by atoms with E-state index in [0.717, 1.165) is 27.4 Å². The van der Waals surface area contributed by atoms with E-state index in [0.29, 0.717) is 43.7 Å². The summed E-state index contributed by atoms with van der Waals surface area (Å²) in [5, 5.41) is 13.1. The first-order chi connectivity index (χ1) is 18.0. The number of aromatic nitrogens is 1. The highest BCUT2D eigenvalue weighted by molar-refractivity contribution is 7.15. The minimum atomic E-state index is -1.19. The zero-order chi connectivity index (χ0) is 25.8. The quantitative estimate of drug-likeness (QED) is 0.434. The van der Waals surface area contributed by atoms with Crippen molar-refractivity contribution < 1.29 is 28.9 Å². The fraction of sp³-hybridized carbons (Fsp3) is 0.370. The molecule has 1 saturated heterocycles. The smallest absolute Gasteiger partial charge is 0.407 e. The molecule has 5 rings (SSSR count). The average molecular weight is 524 g/mol. The fourth-order valence-corrected chi connectivity index (χ4v) is 5.86. The van der Waals surface area contributed by atoms with Crippen molar-refractivity contribution in [3.05, 3.63) is 64.5 Å². The molecule has 37 heavy (non-hydrogen) atoms. The Bertz CT molecular complexity index is 1230. The molecule has 0 spiro atoms. The number of hydrogen-bond donors (Lipinski definition) is 2. The predicted molar refractivity (Wildman–Crippen MR) is 140 cm³/mol. The van der Waals surface area contributed by atoms with E-state index in [1.807, 2.05) is 43.3 Å². The van der Waals surface area contributed by atoms with Gasteiger partial charge >= 0.3 is 12.1 Å². The molecule has 1 fully saturated rings. The number of aliphatic carboxylic acids is 1. The highest BCUT2D eigenvalue weighted by Crippen LogP contribution is 2.44. The van der Waals surface area contributed by atoms with Crippen molar-refractivity contribution in [1.29, 1.82) is 0 Å². The van der Waals surface area contributed by atoms with Crippen LogP contribution in [0.25, 0.3) is 11.1 Å². The number of carboxylic acid groups (broad SMARTS) is 1. The van der Waals surface area contributed by atoms with Gasteiger partial charge in [0.25, 0.3) is 0 Å². The molecule has 2 heterocycles. The minimum absolute atomic E-state index is 0.0386. The van der Waals surface area contributed by atoms with Crippen LogP contribution in [0, 0.1) is 0 Å². The van der Waals surface area contributed by atoms with Crippen LogP contribution < -0.4 is 15.0 Å². The third-order valence-electron chi connectivity index (χ3n) is 6.54. The average Bonchev–Trinajstić information content (AvgIpc) is 3.46. The number of carbonyl (C=O) groups is 2. The van der Waals surface area contributed by atoms with E-state index >= 15 is 0 Å². The van der Waals surface area contributed by atoms with E-state index in [1.54, 1.807) is 0 Å². The molecule has 1 unspecified atom stereocenters. The van der Waals surface area contributed by atoms with Gasteiger partial charge < -0.3 is 29.5 Å². The molecule has 1 aromatic heterocycles. The molecule has 1 amide bonds. The SMILES string of the molecule is CCOc1nc(N2CCOCC2)sc1CC(NC(=O)OCC1c2ccccc2-c2ccccc21)C(=O)O. The van der Waals surface area contributed by atoms with Crippen LogP contribution in [0.4, 0.5) is 9.93 Å². The molecule has 0 bridgehead atoms. The molecule has 3 aromatic rings. The van der Waals surface area contributed by atoms with E-state index in [4.69, 9.17) is 14.2 Å². The lowest BCUT2D eigenvalue weighted by atomic mass is 9.98. The van der Waals surface area contributed by atoms with E-state index in [9.17, 15) is 14.7 Å². The Morgan fingerprint density at radius 3 is 2.41 bits per heavy atom. The number of carbonyl (C=O) groups excluding carboxylic acids is 1. The van der Waals surface area contributed by atoms with Crippen LogP contribution in [-0.2, 0) is 20.7 Å². The molecule has 1 aliphatic carbocycles. The number of morpholine rings is 1. The van der Waals surface area contributed by atoms with Crippen molar-refractivity contribution in [3.8, 4) is 17.0 Å². The molecule has 0 radical (unpaired) electrons. The summed E-state index contributed by atoms with van der Waals surface area (Å²) in [6.45, 7) is 4.99. The van der Waals surface area contributed by atoms with E-state index in [1.165, 1.54) is 11.3 Å². The molecule has 0 saturated carbocycles. The first-order valence-electron chi connectivity index (χ1n) is 12.3. The second-order valence-electron chi connectivity index (χ2n) is 8.82. The van der Waals surface area contributed by atoms with E-state index in [-0.39, 0.29) is 18.9 Å². The van der Waals surface area contributed by atoms with Crippen LogP contribution in [0.5, 0.6) is 5.88 Å². The topological polar surface area (TPSA) is 110 Å². The van der Waals surface area contributed by atoms with Gasteiger partial charge in [-0.25, -0.2) is 9.59 Å². The lowest BCUT2D eigenvalue weighted by Crippen LogP contribution is -2.42. The third-order valence-corrected chi connectivity index (χ3v) is 7.66. The molecular weight excluding hydrogens is 494 g/mol. The third kappa shape index (κ3) is 5.40. The summed E-state index contributed by atoms with van der Waals surface area (Å²) in [4.78, 5) is 32.1. The number of rotatable bonds is 9. The number of benzene rings is 2. The van der Waals surface area contributed by atoms with Crippen molar-refractivity contribution in [2.45, 2.75) is 25.3 Å². The second kappa shape index (κ2) is 11.2. The second-order valence-corrected chi connectivity index (χ2v) is 9.88. The fourth-order valence-electron chi connectivity index (χ4n) is 4.76. The van der Waals surface area contributed by atoms with Gasteiger partial charge in [0.1, 0.15) is 12.6 Å². The van der Waals surface area contributed by atoms with Crippen molar-refractivity contribution in [2.75, 3.05) is 44.4 Å². The number of nitrogens with zero attached hydrogens (tertiary/aromatic N) is 2. The summed E-state index contributed by atoms with van der Waals surface area (Å²) in [5.41, 5.74) is 4.43. The Labute approximate surface area is 219 Å². The highest BCUT2D eigenvalue weighted by atomic mass is 32.1. The summed E-state index contributed by atoms with van der Waals surface area (Å²) in [5.74, 6) is -0.865. The maximum Gasteiger partial charge on any atom is 0.407 e. The Balaban J connectivity index is 1.26. The Kier molecular flexibility index (Phi) is 7.57. The van der Waals surface area contributed by atoms with Crippen molar-refractivity contribution >= 4 is 28.5 Å². The van der Waals surface area contributed by atoms with Crippen molar-refractivity contribution in [3.63, 3.8) is 0 Å². The Morgan fingerprint density at radius 2 is 1.78 bits per heavy atom. The van der Waals surface area contributed by atoms with Gasteiger partial charge in [-0.2, -0.15) is 4.98 Å². The van der Waals surface area contributed by atoms with Crippen LogP contribution in [0.1, 0.15) is 28.8 Å². The van der Waals surface area contributed by atoms with Gasteiger partial charge in [-0.05, 0) is 29.2 Å². The van der Waals surface area contributed by atoms with E-state index in [2.05, 4.69) is 27.3 Å². The predicted octanol–water partition coefficient (Wildman–Crippen LogP) is 3.91. The van der Waals surface area contributed by atoms with Crippen LogP contribution in [0.2, 0.25) is 0 Å². The number of anilines is 1. The lowest BCUT2D eigenvalue weighted by Gasteiger charge is -2.25. The Morgan fingerprint density at radius 1 is 1.14 bits per heavy atom. The zero-order valence-corrected chi connectivity index (χ0v) is 21.3. The number of carboxylic acids is 1. The number of thiazole rings is 1. The largest absolute Gasteiger partial charge is 0.480 e. The highest BCUT2D eigenvalue weighted by Gasteiger charge is 2.31. The first-order valence-corrected chi connectivity index (χ1v) is 13.2. The summed E-state index contributed by atoms with van der Waals surface area (Å²) in [6, 6.07) is 14.9. The maximum atomic E-state index is 12.7. The molecule has 1 atom stereocenters. The molecular formula is C27H29N3O6S. The van der Waals surface area contributed by atoms with Crippen LogP contribution in [0.15, 0.2) is 48.5 Å². The summed E-state index contributed by atoms with van der Waals surface area (Å²) in [7, 11) is 0. The lowest BCUT2D eigenvalue weighted by molar-refractivity contribution is -0.139. The molecule has 2 aliphatic rings. The molecule has 10 heteroatoms. The molecule has 194 valence electrons. The van der Waals surface area contributed by atoms with Gasteiger partial charge in [-0.3, -0.25) is 0 Å². The maximum absolute atomic E-state index is 12.7. The summed E-state index contributed by atoms with van der Waals surface area (Å²) in [6.07, 6.45) is -0.734. The van der Waals surface area contributed by atoms with Crippen LogP contribution in [-0.4, -0.2) is 67.7 Å². The molecule has 2 aromatic carbocycles. The number of nitrogens with one attached hydrogen (secondary N) is 1. The van der Waals surface area contributed by atoms with Crippen LogP contribution >= 0.6 is 11.3 Å². The number of hydrogen-bond acceptors (Lipinski definition) is 8. The first kappa shape index (κ1) is 25.0. The summed E-state index contributed by atoms with van der Waals surface area (Å²) < 4.78 is 16.6. The zero-order valence-electron chi connectivity index (χ0n) is 20.5. The van der Waals surface area contributed by atoms with Gasteiger partial charge in [0.2, 0.25) is 5.88 Å². The number of alkyl carbamates (subject to hydrolysis) is 1. The van der Waals surface area contributed by atoms with Gasteiger partial charge in [0.05, 0.1) is 24.7 Å². The van der Waals surface area contributed by atoms with Gasteiger partial charge in [-0.1, -0.05) is 59.9 Å². The number of ether oxygens (including phenoxy) is 3. The molecule has 9 nitrogen and oxygen atoms in total. The molecule has 2 N–H and O–H groups in total. The monoisotopic (exact) mass is 523 g/mol. The molecule has 1 aliphatic heterocycles. The van der Waals surface area contributed by atoms with Crippen LogP contribution in [0.3, 0.4) is 0 Å². The van der Waals surface area contributed by atoms with E-state index < -0.39 is 18.1 Å². The van der Waals surface area contributed by atoms with Crippen molar-refractivity contribution in [1.82, 2.24) is 10.3 Å². The minimum Gasteiger partial charge on any atom is -0.480 e.